The Morgan fingerprint density at radius 2 is 1.86 bits per heavy atom. The molecule has 1 aromatic carbocycles. The zero-order chi connectivity index (χ0) is 15.8. The van der Waals surface area contributed by atoms with Crippen molar-refractivity contribution in [2.24, 2.45) is 5.73 Å². The lowest BCUT2D eigenvalue weighted by molar-refractivity contribution is 0.484. The fourth-order valence-corrected chi connectivity index (χ4v) is 4.03. The average Bonchev–Trinajstić information content (AvgIpc) is 2.77. The van der Waals surface area contributed by atoms with E-state index in [1.54, 1.807) is 0 Å². The van der Waals surface area contributed by atoms with E-state index < -0.39 is 15.8 Å². The molecule has 21 heavy (non-hydrogen) atoms. The van der Waals surface area contributed by atoms with Crippen LogP contribution in [0.15, 0.2) is 32.2 Å². The predicted octanol–water partition coefficient (Wildman–Crippen LogP) is 3.75. The molecule has 0 atom stereocenters. The van der Waals surface area contributed by atoms with Crippen LogP contribution in [0.5, 0.6) is 0 Å². The van der Waals surface area contributed by atoms with Gasteiger partial charge in [-0.3, -0.25) is 4.72 Å². The monoisotopic (exact) mass is 416 g/mol. The molecule has 0 radical (unpaired) electrons. The summed E-state index contributed by atoms with van der Waals surface area (Å²) in [5.74, 6) is -0.534. The van der Waals surface area contributed by atoms with Gasteiger partial charge in [0.15, 0.2) is 10.5 Å². The third-order valence-corrected chi connectivity index (χ3v) is 5.22. The maximum Gasteiger partial charge on any atom is 0.266 e. The van der Waals surface area contributed by atoms with Crippen LogP contribution in [-0.4, -0.2) is 8.42 Å². The standard InChI is InChI=1S/C11H8BrCl2FN2O3S/c12-11-9(3-6(4-16)20-11)21(18,19)17-5-1-7(13)10(15)8(14)2-5/h1-3,17H,4,16H2. The summed E-state index contributed by atoms with van der Waals surface area (Å²) in [6.45, 7) is 0.0440. The maximum absolute atomic E-state index is 13.3. The summed E-state index contributed by atoms with van der Waals surface area (Å²) >= 11 is 14.2. The van der Waals surface area contributed by atoms with Gasteiger partial charge in [0.2, 0.25) is 0 Å². The molecule has 10 heteroatoms. The first kappa shape index (κ1) is 16.6. The highest BCUT2D eigenvalue weighted by molar-refractivity contribution is 9.10. The van der Waals surface area contributed by atoms with Crippen molar-refractivity contribution in [3.63, 3.8) is 0 Å². The van der Waals surface area contributed by atoms with E-state index in [0.717, 1.165) is 12.1 Å². The second-order valence-corrected chi connectivity index (χ2v) is 7.10. The van der Waals surface area contributed by atoms with Crippen molar-refractivity contribution in [1.29, 1.82) is 0 Å². The van der Waals surface area contributed by atoms with Crippen LogP contribution in [0.2, 0.25) is 10.0 Å². The van der Waals surface area contributed by atoms with Gasteiger partial charge in [-0.15, -0.1) is 0 Å². The molecule has 0 aliphatic heterocycles. The lowest BCUT2D eigenvalue weighted by atomic mass is 10.3. The molecule has 114 valence electrons. The number of hydrogen-bond acceptors (Lipinski definition) is 4. The fraction of sp³-hybridized carbons (Fsp3) is 0.0909. The van der Waals surface area contributed by atoms with E-state index >= 15 is 0 Å². The molecule has 0 amide bonds. The molecule has 0 aliphatic rings. The van der Waals surface area contributed by atoms with E-state index in [0.29, 0.717) is 0 Å². The summed E-state index contributed by atoms with van der Waals surface area (Å²) in [4.78, 5) is -0.139. The number of rotatable bonds is 4. The van der Waals surface area contributed by atoms with E-state index in [-0.39, 0.29) is 37.6 Å². The summed E-state index contributed by atoms with van der Waals surface area (Å²) in [5.41, 5.74) is 5.40. The fourth-order valence-electron chi connectivity index (χ4n) is 1.51. The van der Waals surface area contributed by atoms with Crippen molar-refractivity contribution in [1.82, 2.24) is 0 Å². The highest BCUT2D eigenvalue weighted by atomic mass is 79.9. The Labute approximate surface area is 138 Å². The first-order valence-electron chi connectivity index (χ1n) is 5.40. The zero-order valence-electron chi connectivity index (χ0n) is 10.2. The van der Waals surface area contributed by atoms with Gasteiger partial charge in [-0.1, -0.05) is 23.2 Å². The molecule has 0 aliphatic carbocycles. The summed E-state index contributed by atoms with van der Waals surface area (Å²) < 4.78 is 45.1. The summed E-state index contributed by atoms with van der Waals surface area (Å²) in [6.07, 6.45) is 0. The zero-order valence-corrected chi connectivity index (χ0v) is 14.1. The molecule has 0 bridgehead atoms. The average molecular weight is 418 g/mol. The van der Waals surface area contributed by atoms with E-state index in [2.05, 4.69) is 20.7 Å². The van der Waals surface area contributed by atoms with Gasteiger partial charge in [-0.05, 0) is 28.1 Å². The maximum atomic E-state index is 13.3. The van der Waals surface area contributed by atoms with Crippen LogP contribution < -0.4 is 10.5 Å². The van der Waals surface area contributed by atoms with Gasteiger partial charge in [-0.25, -0.2) is 12.8 Å². The molecule has 3 N–H and O–H groups in total. The number of anilines is 1. The van der Waals surface area contributed by atoms with Crippen LogP contribution in [0, 0.1) is 5.82 Å². The van der Waals surface area contributed by atoms with Crippen molar-refractivity contribution in [3.8, 4) is 0 Å². The van der Waals surface area contributed by atoms with Crippen LogP contribution in [-0.2, 0) is 16.6 Å². The minimum absolute atomic E-state index is 0.00903. The second-order valence-electron chi connectivity index (χ2n) is 3.91. The molecule has 1 aromatic heterocycles. The van der Waals surface area contributed by atoms with Gasteiger partial charge in [0, 0.05) is 6.07 Å². The topological polar surface area (TPSA) is 85.3 Å². The Morgan fingerprint density at radius 3 is 2.33 bits per heavy atom. The number of nitrogens with two attached hydrogens (primary N) is 1. The number of hydrogen-bond donors (Lipinski definition) is 2. The molecule has 0 fully saturated rings. The van der Waals surface area contributed by atoms with Crippen molar-refractivity contribution < 1.29 is 17.2 Å². The van der Waals surface area contributed by atoms with Crippen LogP contribution in [0.4, 0.5) is 10.1 Å². The second kappa shape index (κ2) is 6.13. The molecule has 1 heterocycles. The molecule has 0 saturated heterocycles. The lowest BCUT2D eigenvalue weighted by Gasteiger charge is -2.08. The molecular weight excluding hydrogens is 410 g/mol. The van der Waals surface area contributed by atoms with Crippen LogP contribution in [0.25, 0.3) is 0 Å². The van der Waals surface area contributed by atoms with E-state index in [9.17, 15) is 12.8 Å². The van der Waals surface area contributed by atoms with Crippen molar-refractivity contribution in [2.45, 2.75) is 11.4 Å². The SMILES string of the molecule is NCc1cc(S(=O)(=O)Nc2cc(Cl)c(F)c(Cl)c2)c(Br)o1. The molecule has 2 rings (SSSR count). The molecule has 2 aromatic rings. The lowest BCUT2D eigenvalue weighted by Crippen LogP contribution is -2.13. The summed E-state index contributed by atoms with van der Waals surface area (Å²) in [5, 5.41) is -0.594. The van der Waals surface area contributed by atoms with Crippen LogP contribution >= 0.6 is 39.1 Å². The minimum Gasteiger partial charge on any atom is -0.452 e. The van der Waals surface area contributed by atoms with E-state index in [1.165, 1.54) is 6.07 Å². The van der Waals surface area contributed by atoms with Gasteiger partial charge in [0.25, 0.3) is 10.0 Å². The molecule has 5 nitrogen and oxygen atoms in total. The van der Waals surface area contributed by atoms with Crippen LogP contribution in [0.1, 0.15) is 5.76 Å². The van der Waals surface area contributed by atoms with Gasteiger partial charge in [-0.2, -0.15) is 0 Å². The summed E-state index contributed by atoms with van der Waals surface area (Å²) in [7, 11) is -3.97. The predicted molar refractivity (Wildman–Crippen MR) is 81.5 cm³/mol. The molecule has 0 spiro atoms. The first-order chi connectivity index (χ1) is 9.74. The van der Waals surface area contributed by atoms with Gasteiger partial charge in [0.05, 0.1) is 22.3 Å². The smallest absolute Gasteiger partial charge is 0.266 e. The Bertz CT molecular complexity index is 772. The molecular formula is C11H8BrCl2FN2O3S. The Balaban J connectivity index is 2.39. The number of furan rings is 1. The number of halogens is 4. The highest BCUT2D eigenvalue weighted by Gasteiger charge is 2.23. The van der Waals surface area contributed by atoms with E-state index in [1.807, 2.05) is 0 Å². The Kier molecular flexibility index (Phi) is 4.84. The number of nitrogens with one attached hydrogen (secondary N) is 1. The van der Waals surface area contributed by atoms with Crippen molar-refractivity contribution in [3.05, 3.63) is 44.5 Å². The summed E-state index contributed by atoms with van der Waals surface area (Å²) in [6, 6.07) is 3.50. The van der Waals surface area contributed by atoms with Gasteiger partial charge >= 0.3 is 0 Å². The Morgan fingerprint density at radius 1 is 1.29 bits per heavy atom. The van der Waals surface area contributed by atoms with Gasteiger partial charge < -0.3 is 10.2 Å². The van der Waals surface area contributed by atoms with Crippen LogP contribution in [0.3, 0.4) is 0 Å². The number of benzene rings is 1. The third-order valence-electron chi connectivity index (χ3n) is 2.43. The molecule has 0 saturated carbocycles. The Hall–Kier alpha value is -0.800. The third kappa shape index (κ3) is 3.51. The normalized spacial score (nSPS) is 11.7. The van der Waals surface area contributed by atoms with Gasteiger partial charge in [0.1, 0.15) is 10.7 Å². The first-order valence-corrected chi connectivity index (χ1v) is 8.43. The highest BCUT2D eigenvalue weighted by Crippen LogP contribution is 2.31. The minimum atomic E-state index is -3.97. The van der Waals surface area contributed by atoms with Crippen molar-refractivity contribution in [2.75, 3.05) is 4.72 Å². The van der Waals surface area contributed by atoms with E-state index in [4.69, 9.17) is 33.4 Å². The molecule has 0 unspecified atom stereocenters. The quantitative estimate of drug-likeness (QED) is 0.741. The largest absolute Gasteiger partial charge is 0.452 e. The number of sulfonamides is 1. The van der Waals surface area contributed by atoms with Crippen molar-refractivity contribution >= 4 is 54.8 Å².